The normalized spacial score (nSPS) is 24.2. The van der Waals surface area contributed by atoms with Gasteiger partial charge in [0.2, 0.25) is 11.8 Å². The Morgan fingerprint density at radius 2 is 2.06 bits per heavy atom. The highest BCUT2D eigenvalue weighted by Crippen LogP contribution is 2.39. The summed E-state index contributed by atoms with van der Waals surface area (Å²) in [6.45, 7) is 3.57. The summed E-state index contributed by atoms with van der Waals surface area (Å²) in [5.74, 6) is -3.29. The molecule has 0 aromatic heterocycles. The summed E-state index contributed by atoms with van der Waals surface area (Å²) in [6.07, 6.45) is -3.40. The SMILES string of the molecule is CC(C)CC(C(=O)NC12CCCC1OCC2=O)c1cc(OC(F)(F)F)ccc1C(N)=O. The van der Waals surface area contributed by atoms with E-state index in [1.807, 2.05) is 13.8 Å². The van der Waals surface area contributed by atoms with Crippen molar-refractivity contribution in [3.05, 3.63) is 29.3 Å². The Morgan fingerprint density at radius 1 is 1.35 bits per heavy atom. The van der Waals surface area contributed by atoms with Gasteiger partial charge in [-0.1, -0.05) is 13.8 Å². The summed E-state index contributed by atoms with van der Waals surface area (Å²) in [4.78, 5) is 37.8. The molecule has 3 unspecified atom stereocenters. The quantitative estimate of drug-likeness (QED) is 0.675. The summed E-state index contributed by atoms with van der Waals surface area (Å²) >= 11 is 0. The lowest BCUT2D eigenvalue weighted by Gasteiger charge is -2.31. The van der Waals surface area contributed by atoms with E-state index in [0.717, 1.165) is 18.2 Å². The first-order chi connectivity index (χ1) is 14.4. The Kier molecular flexibility index (Phi) is 6.31. The molecule has 1 aromatic carbocycles. The molecule has 2 fully saturated rings. The van der Waals surface area contributed by atoms with E-state index in [4.69, 9.17) is 10.5 Å². The van der Waals surface area contributed by atoms with E-state index < -0.39 is 41.5 Å². The molecule has 3 N–H and O–H groups in total. The second-order valence-electron chi connectivity index (χ2n) is 8.42. The molecule has 1 aliphatic carbocycles. The van der Waals surface area contributed by atoms with Gasteiger partial charge >= 0.3 is 6.36 Å². The zero-order valence-corrected chi connectivity index (χ0v) is 17.3. The molecule has 1 saturated carbocycles. The van der Waals surface area contributed by atoms with Crippen molar-refractivity contribution in [1.82, 2.24) is 5.32 Å². The molecule has 1 aliphatic heterocycles. The number of nitrogens with one attached hydrogen (secondary N) is 1. The van der Waals surface area contributed by atoms with Gasteiger partial charge in [-0.25, -0.2) is 0 Å². The van der Waals surface area contributed by atoms with Crippen LogP contribution in [0.25, 0.3) is 0 Å². The van der Waals surface area contributed by atoms with Crippen LogP contribution in [0.1, 0.15) is 61.4 Å². The minimum atomic E-state index is -4.94. The molecule has 0 bridgehead atoms. The predicted octanol–water partition coefficient (Wildman–Crippen LogP) is 2.82. The Labute approximate surface area is 177 Å². The van der Waals surface area contributed by atoms with Crippen LogP contribution in [-0.2, 0) is 14.3 Å². The van der Waals surface area contributed by atoms with Gasteiger partial charge in [0.15, 0.2) is 5.78 Å². The number of ether oxygens (including phenoxy) is 2. The molecular weight excluding hydrogens is 417 g/mol. The smallest absolute Gasteiger partial charge is 0.406 e. The highest BCUT2D eigenvalue weighted by atomic mass is 19.4. The topological polar surface area (TPSA) is 108 Å². The van der Waals surface area contributed by atoms with Gasteiger partial charge in [-0.05, 0) is 55.4 Å². The number of halogens is 3. The molecule has 170 valence electrons. The number of Topliss-reactive ketones (excluding diaryl/α,β-unsaturated/α-hetero) is 1. The first-order valence-electron chi connectivity index (χ1n) is 10.1. The van der Waals surface area contributed by atoms with E-state index in [9.17, 15) is 27.6 Å². The van der Waals surface area contributed by atoms with Crippen LogP contribution in [0, 0.1) is 5.92 Å². The van der Waals surface area contributed by atoms with Gasteiger partial charge in [0.05, 0.1) is 12.0 Å². The lowest BCUT2D eigenvalue weighted by Crippen LogP contribution is -2.57. The van der Waals surface area contributed by atoms with Crippen LogP contribution in [0.15, 0.2) is 18.2 Å². The number of carbonyl (C=O) groups is 3. The highest BCUT2D eigenvalue weighted by Gasteiger charge is 2.55. The Bertz CT molecular complexity index is 886. The first kappa shape index (κ1) is 23.1. The molecular formula is C21H25F3N2O5. The number of alkyl halides is 3. The third-order valence-corrected chi connectivity index (χ3v) is 5.77. The van der Waals surface area contributed by atoms with Gasteiger partial charge in [0, 0.05) is 5.56 Å². The van der Waals surface area contributed by atoms with Crippen LogP contribution in [0.4, 0.5) is 13.2 Å². The third kappa shape index (κ3) is 4.84. The number of nitrogens with two attached hydrogens (primary N) is 1. The maximum Gasteiger partial charge on any atom is 0.573 e. The van der Waals surface area contributed by atoms with E-state index in [-0.39, 0.29) is 35.9 Å². The van der Waals surface area contributed by atoms with Gasteiger partial charge in [0.1, 0.15) is 17.9 Å². The largest absolute Gasteiger partial charge is 0.573 e. The van der Waals surface area contributed by atoms with Crippen LogP contribution >= 0.6 is 0 Å². The van der Waals surface area contributed by atoms with Crippen LogP contribution in [-0.4, -0.2) is 42.2 Å². The molecule has 3 atom stereocenters. The number of amides is 2. The van der Waals surface area contributed by atoms with Crippen molar-refractivity contribution in [2.24, 2.45) is 11.7 Å². The van der Waals surface area contributed by atoms with Crippen molar-refractivity contribution in [3.63, 3.8) is 0 Å². The van der Waals surface area contributed by atoms with Crippen molar-refractivity contribution in [2.75, 3.05) is 6.61 Å². The van der Waals surface area contributed by atoms with Gasteiger partial charge < -0.3 is 20.5 Å². The lowest BCUT2D eigenvalue weighted by molar-refractivity contribution is -0.274. The third-order valence-electron chi connectivity index (χ3n) is 5.77. The minimum absolute atomic E-state index is 0.0257. The fraction of sp³-hybridized carbons (Fsp3) is 0.571. The van der Waals surface area contributed by atoms with Gasteiger partial charge in [-0.3, -0.25) is 14.4 Å². The molecule has 0 spiro atoms. The lowest BCUT2D eigenvalue weighted by atomic mass is 9.84. The van der Waals surface area contributed by atoms with Crippen LogP contribution in [0.5, 0.6) is 5.75 Å². The second kappa shape index (κ2) is 8.49. The molecule has 1 heterocycles. The first-order valence-corrected chi connectivity index (χ1v) is 10.1. The van der Waals surface area contributed by atoms with E-state index in [1.165, 1.54) is 0 Å². The number of fused-ring (bicyclic) bond motifs is 1. The van der Waals surface area contributed by atoms with Crippen LogP contribution in [0.2, 0.25) is 0 Å². The van der Waals surface area contributed by atoms with E-state index >= 15 is 0 Å². The molecule has 3 rings (SSSR count). The summed E-state index contributed by atoms with van der Waals surface area (Å²) in [5, 5.41) is 2.81. The molecule has 2 aliphatic rings. The standard InChI is InChI=1S/C21H25F3N2O5/c1-11(2)8-15(19(29)26-20-7-3-4-17(20)30-10-16(20)27)14-9-12(31-21(22,23)24)5-6-13(14)18(25)28/h5-6,9,11,15,17H,3-4,7-8,10H2,1-2H3,(H2,25,28)(H,26,29). The van der Waals surface area contributed by atoms with Crippen molar-refractivity contribution < 1.29 is 37.0 Å². The van der Waals surface area contributed by atoms with Gasteiger partial charge in [-0.15, -0.1) is 13.2 Å². The van der Waals surface area contributed by atoms with Crippen LogP contribution in [0.3, 0.4) is 0 Å². The number of hydrogen-bond donors (Lipinski definition) is 2. The monoisotopic (exact) mass is 442 g/mol. The molecule has 31 heavy (non-hydrogen) atoms. The summed E-state index contributed by atoms with van der Waals surface area (Å²) in [7, 11) is 0. The molecule has 1 aromatic rings. The average Bonchev–Trinajstić information content (AvgIpc) is 3.17. The van der Waals surface area contributed by atoms with Crippen molar-refractivity contribution in [3.8, 4) is 5.75 Å². The maximum atomic E-state index is 13.4. The van der Waals surface area contributed by atoms with E-state index in [1.54, 1.807) is 0 Å². The molecule has 2 amide bonds. The van der Waals surface area contributed by atoms with Gasteiger partial charge in [-0.2, -0.15) is 0 Å². The Balaban J connectivity index is 1.99. The Hall–Kier alpha value is -2.62. The number of hydrogen-bond acceptors (Lipinski definition) is 5. The van der Waals surface area contributed by atoms with Crippen molar-refractivity contribution >= 4 is 17.6 Å². The zero-order valence-electron chi connectivity index (χ0n) is 17.3. The molecule has 1 saturated heterocycles. The fourth-order valence-corrected chi connectivity index (χ4v) is 4.44. The van der Waals surface area contributed by atoms with E-state index in [0.29, 0.717) is 19.3 Å². The molecule has 10 heteroatoms. The molecule has 0 radical (unpaired) electrons. The maximum absolute atomic E-state index is 13.4. The average molecular weight is 442 g/mol. The van der Waals surface area contributed by atoms with Crippen molar-refractivity contribution in [1.29, 1.82) is 0 Å². The highest BCUT2D eigenvalue weighted by molar-refractivity contribution is 6.00. The predicted molar refractivity (Wildman–Crippen MR) is 103 cm³/mol. The van der Waals surface area contributed by atoms with Crippen LogP contribution < -0.4 is 15.8 Å². The summed E-state index contributed by atoms with van der Waals surface area (Å²) in [5.41, 5.74) is 4.23. The van der Waals surface area contributed by atoms with E-state index in [2.05, 4.69) is 10.1 Å². The Morgan fingerprint density at radius 3 is 2.68 bits per heavy atom. The minimum Gasteiger partial charge on any atom is -0.406 e. The number of primary amides is 1. The van der Waals surface area contributed by atoms with Crippen molar-refractivity contribution in [2.45, 2.75) is 63.5 Å². The number of ketones is 1. The summed E-state index contributed by atoms with van der Waals surface area (Å²) < 4.78 is 47.6. The fourth-order valence-electron chi connectivity index (χ4n) is 4.44. The summed E-state index contributed by atoms with van der Waals surface area (Å²) in [6, 6.07) is 3.10. The number of rotatable bonds is 7. The number of carbonyl (C=O) groups excluding carboxylic acids is 3. The zero-order chi connectivity index (χ0) is 23.0. The van der Waals surface area contributed by atoms with Gasteiger partial charge in [0.25, 0.3) is 0 Å². The molecule has 7 nitrogen and oxygen atoms in total. The second-order valence-corrected chi connectivity index (χ2v) is 8.42. The number of benzene rings is 1.